The number of rotatable bonds is 2. The minimum Gasteiger partial charge on any atom is -0.480 e. The van der Waals surface area contributed by atoms with Crippen molar-refractivity contribution in [2.75, 3.05) is 7.05 Å². The average molecular weight is 233 g/mol. The van der Waals surface area contributed by atoms with Gasteiger partial charge >= 0.3 is 5.97 Å². The lowest BCUT2D eigenvalue weighted by atomic mass is 9.65. The molecule has 1 aromatic rings. The van der Waals surface area contributed by atoms with Crippen molar-refractivity contribution >= 4 is 5.97 Å². The van der Waals surface area contributed by atoms with Crippen molar-refractivity contribution in [2.45, 2.75) is 37.6 Å². The summed E-state index contributed by atoms with van der Waals surface area (Å²) in [5, 5.41) is 12.6. The van der Waals surface area contributed by atoms with Crippen molar-refractivity contribution in [1.82, 2.24) is 5.32 Å². The van der Waals surface area contributed by atoms with Gasteiger partial charge in [0.15, 0.2) is 0 Å². The van der Waals surface area contributed by atoms with E-state index in [1.165, 1.54) is 0 Å². The summed E-state index contributed by atoms with van der Waals surface area (Å²) in [6.07, 6.45) is 1.50. The van der Waals surface area contributed by atoms with Gasteiger partial charge in [-0.3, -0.25) is 0 Å². The van der Waals surface area contributed by atoms with E-state index in [2.05, 4.69) is 19.2 Å². The Hall–Kier alpha value is -1.35. The molecule has 0 aromatic heterocycles. The Kier molecular flexibility index (Phi) is 2.74. The van der Waals surface area contributed by atoms with E-state index in [4.69, 9.17) is 0 Å². The van der Waals surface area contributed by atoms with Gasteiger partial charge in [0, 0.05) is 0 Å². The van der Waals surface area contributed by atoms with Gasteiger partial charge in [0.05, 0.1) is 0 Å². The largest absolute Gasteiger partial charge is 0.480 e. The minimum atomic E-state index is -0.924. The van der Waals surface area contributed by atoms with Crippen molar-refractivity contribution < 1.29 is 9.90 Å². The Balaban J connectivity index is 2.66. The molecule has 1 aromatic carbocycles. The summed E-state index contributed by atoms with van der Waals surface area (Å²) >= 11 is 0. The number of benzene rings is 1. The summed E-state index contributed by atoms with van der Waals surface area (Å²) in [7, 11) is 1.73. The lowest BCUT2D eigenvalue weighted by Gasteiger charge is -2.42. The lowest BCUT2D eigenvalue weighted by molar-refractivity contribution is -0.146. The number of hydrogen-bond donors (Lipinski definition) is 2. The second-order valence-electron chi connectivity index (χ2n) is 5.39. The molecule has 1 aliphatic rings. The maximum Gasteiger partial charge on any atom is 0.328 e. The van der Waals surface area contributed by atoms with E-state index >= 15 is 0 Å². The summed E-state index contributed by atoms with van der Waals surface area (Å²) in [5.74, 6) is -0.789. The average Bonchev–Trinajstić information content (AvgIpc) is 2.30. The molecule has 1 atom stereocenters. The number of nitrogens with one attached hydrogen (secondary N) is 1. The van der Waals surface area contributed by atoms with E-state index in [9.17, 15) is 9.90 Å². The third kappa shape index (κ3) is 1.65. The van der Waals surface area contributed by atoms with E-state index < -0.39 is 11.5 Å². The van der Waals surface area contributed by atoms with Crippen LogP contribution in [0.3, 0.4) is 0 Å². The molecule has 0 saturated heterocycles. The molecule has 3 heteroatoms. The molecule has 0 bridgehead atoms. The van der Waals surface area contributed by atoms with Gasteiger partial charge in [-0.05, 0) is 36.4 Å². The third-order valence-electron chi connectivity index (χ3n) is 4.03. The van der Waals surface area contributed by atoms with Crippen LogP contribution in [-0.4, -0.2) is 18.1 Å². The van der Waals surface area contributed by atoms with Crippen molar-refractivity contribution in [3.05, 3.63) is 35.4 Å². The molecule has 0 amide bonds. The molecule has 92 valence electrons. The predicted molar refractivity (Wildman–Crippen MR) is 67.1 cm³/mol. The molecular weight excluding hydrogens is 214 g/mol. The summed E-state index contributed by atoms with van der Waals surface area (Å²) in [6, 6.07) is 7.87. The predicted octanol–water partition coefficient (Wildman–Crippen LogP) is 2.26. The smallest absolute Gasteiger partial charge is 0.328 e. The van der Waals surface area contributed by atoms with Crippen LogP contribution in [0.4, 0.5) is 0 Å². The molecule has 0 saturated carbocycles. The number of fused-ring (bicyclic) bond motifs is 1. The number of carbonyl (C=O) groups is 1. The highest BCUT2D eigenvalue weighted by Gasteiger charge is 2.46. The number of carboxylic acids is 1. The Morgan fingerprint density at radius 3 is 2.35 bits per heavy atom. The fraction of sp³-hybridized carbons (Fsp3) is 0.500. The van der Waals surface area contributed by atoms with E-state index in [-0.39, 0.29) is 5.41 Å². The fourth-order valence-corrected chi connectivity index (χ4v) is 2.80. The van der Waals surface area contributed by atoms with E-state index in [1.807, 2.05) is 24.3 Å². The van der Waals surface area contributed by atoms with E-state index in [1.54, 1.807) is 7.05 Å². The van der Waals surface area contributed by atoms with Crippen LogP contribution >= 0.6 is 0 Å². The standard InChI is InChI=1S/C14H19NO2/c1-13(2)8-9-14(15-3,12(16)17)11-7-5-4-6-10(11)13/h4-7,15H,8-9H2,1-3H3,(H,16,17). The minimum absolute atomic E-state index is 0.0480. The van der Waals surface area contributed by atoms with Crippen LogP contribution in [0.15, 0.2) is 24.3 Å². The first-order valence-electron chi connectivity index (χ1n) is 5.96. The van der Waals surface area contributed by atoms with Gasteiger partial charge < -0.3 is 10.4 Å². The molecule has 1 unspecified atom stereocenters. The number of hydrogen-bond acceptors (Lipinski definition) is 2. The van der Waals surface area contributed by atoms with Gasteiger partial charge in [-0.15, -0.1) is 0 Å². The van der Waals surface area contributed by atoms with Crippen molar-refractivity contribution in [2.24, 2.45) is 0 Å². The number of aliphatic carboxylic acids is 1. The summed E-state index contributed by atoms with van der Waals surface area (Å²) in [5.41, 5.74) is 1.17. The first kappa shape index (κ1) is 12.1. The second kappa shape index (κ2) is 3.84. The van der Waals surface area contributed by atoms with E-state index in [0.717, 1.165) is 17.5 Å². The topological polar surface area (TPSA) is 49.3 Å². The van der Waals surface area contributed by atoms with Crippen LogP contribution in [0.1, 0.15) is 37.8 Å². The highest BCUT2D eigenvalue weighted by molar-refractivity contribution is 5.82. The molecule has 3 nitrogen and oxygen atoms in total. The van der Waals surface area contributed by atoms with Crippen molar-refractivity contribution in [1.29, 1.82) is 0 Å². The Labute approximate surface area is 102 Å². The van der Waals surface area contributed by atoms with Crippen LogP contribution in [0.2, 0.25) is 0 Å². The van der Waals surface area contributed by atoms with Crippen LogP contribution < -0.4 is 5.32 Å². The highest BCUT2D eigenvalue weighted by Crippen LogP contribution is 2.44. The summed E-state index contributed by atoms with van der Waals surface area (Å²) < 4.78 is 0. The van der Waals surface area contributed by atoms with Gasteiger partial charge in [0.25, 0.3) is 0 Å². The maximum atomic E-state index is 11.6. The van der Waals surface area contributed by atoms with Gasteiger partial charge in [0.2, 0.25) is 0 Å². The monoisotopic (exact) mass is 233 g/mol. The number of carboxylic acid groups (broad SMARTS) is 1. The number of likely N-dealkylation sites (N-methyl/N-ethyl adjacent to an activating group) is 1. The van der Waals surface area contributed by atoms with Gasteiger partial charge in [-0.2, -0.15) is 0 Å². The molecule has 0 fully saturated rings. The van der Waals surface area contributed by atoms with Gasteiger partial charge in [0.1, 0.15) is 5.54 Å². The van der Waals surface area contributed by atoms with Gasteiger partial charge in [-0.1, -0.05) is 38.1 Å². The molecule has 0 spiro atoms. The zero-order valence-corrected chi connectivity index (χ0v) is 10.6. The first-order chi connectivity index (χ1) is 7.94. The zero-order valence-electron chi connectivity index (χ0n) is 10.6. The van der Waals surface area contributed by atoms with Crippen molar-refractivity contribution in [3.8, 4) is 0 Å². The van der Waals surface area contributed by atoms with E-state index in [0.29, 0.717) is 6.42 Å². The lowest BCUT2D eigenvalue weighted by Crippen LogP contribution is -2.52. The van der Waals surface area contributed by atoms with Crippen LogP contribution in [-0.2, 0) is 15.7 Å². The molecule has 17 heavy (non-hydrogen) atoms. The van der Waals surface area contributed by atoms with Crippen LogP contribution in [0, 0.1) is 0 Å². The molecule has 1 aliphatic carbocycles. The summed E-state index contributed by atoms with van der Waals surface area (Å²) in [6.45, 7) is 4.35. The molecule has 2 N–H and O–H groups in total. The molecule has 0 heterocycles. The third-order valence-corrected chi connectivity index (χ3v) is 4.03. The van der Waals surface area contributed by atoms with Crippen LogP contribution in [0.5, 0.6) is 0 Å². The summed E-state index contributed by atoms with van der Waals surface area (Å²) in [4.78, 5) is 11.6. The fourth-order valence-electron chi connectivity index (χ4n) is 2.80. The van der Waals surface area contributed by atoms with Gasteiger partial charge in [-0.25, -0.2) is 4.79 Å². The Bertz CT molecular complexity index is 453. The maximum absolute atomic E-state index is 11.6. The quantitative estimate of drug-likeness (QED) is 0.823. The molecule has 0 radical (unpaired) electrons. The SMILES string of the molecule is CNC1(C(=O)O)CCC(C)(C)c2ccccc21. The molecule has 0 aliphatic heterocycles. The first-order valence-corrected chi connectivity index (χ1v) is 5.96. The molecular formula is C14H19NO2. The normalized spacial score (nSPS) is 26.3. The zero-order chi connectivity index (χ0) is 12.7. The second-order valence-corrected chi connectivity index (χ2v) is 5.39. The van der Waals surface area contributed by atoms with Crippen LogP contribution in [0.25, 0.3) is 0 Å². The van der Waals surface area contributed by atoms with Crippen molar-refractivity contribution in [3.63, 3.8) is 0 Å². The Morgan fingerprint density at radius 1 is 1.24 bits per heavy atom. The molecule has 2 rings (SSSR count). The Morgan fingerprint density at radius 2 is 1.82 bits per heavy atom. The highest BCUT2D eigenvalue weighted by atomic mass is 16.4.